The van der Waals surface area contributed by atoms with E-state index < -0.39 is 35.7 Å². The summed E-state index contributed by atoms with van der Waals surface area (Å²) in [5.74, 6) is -1.11. The highest BCUT2D eigenvalue weighted by Gasteiger charge is 2.37. The van der Waals surface area contributed by atoms with Crippen LogP contribution in [0, 0.1) is 0 Å². The van der Waals surface area contributed by atoms with Gasteiger partial charge in [-0.25, -0.2) is 0 Å². The number of nitrogens with one attached hydrogen (secondary N) is 2. The first-order valence-corrected chi connectivity index (χ1v) is 10.4. The number of carbonyl (C=O) groups is 4. The van der Waals surface area contributed by atoms with Gasteiger partial charge in [0.15, 0.2) is 11.5 Å². The number of fused-ring (bicyclic) bond motifs is 2. The van der Waals surface area contributed by atoms with Crippen LogP contribution in [-0.2, 0) is 27.3 Å². The second-order valence-corrected chi connectivity index (χ2v) is 7.88. The van der Waals surface area contributed by atoms with Crippen LogP contribution in [0.5, 0.6) is 11.5 Å². The Kier molecular flexibility index (Phi) is 5.91. The number of amides is 4. The largest absolute Gasteiger partial charge is 0.493 e. The monoisotopic (exact) mass is 452 g/mol. The summed E-state index contributed by atoms with van der Waals surface area (Å²) >= 11 is 0. The number of hydrogen-bond acceptors (Lipinski definition) is 6. The number of ether oxygens (including phenoxy) is 2. The molecular weight excluding hydrogens is 428 g/mol. The Morgan fingerprint density at radius 3 is 2.42 bits per heavy atom. The Balaban J connectivity index is 1.58. The van der Waals surface area contributed by atoms with Crippen LogP contribution >= 0.6 is 0 Å². The number of nitrogens with two attached hydrogens (primary N) is 1. The maximum atomic E-state index is 13.2. The van der Waals surface area contributed by atoms with Gasteiger partial charge in [-0.05, 0) is 35.4 Å². The maximum Gasteiger partial charge on any atom is 0.254 e. The molecule has 2 aliphatic heterocycles. The minimum Gasteiger partial charge on any atom is -0.493 e. The van der Waals surface area contributed by atoms with Crippen molar-refractivity contribution in [2.75, 3.05) is 19.5 Å². The summed E-state index contributed by atoms with van der Waals surface area (Å²) in [4.78, 5) is 52.0. The molecule has 2 aromatic carbocycles. The fourth-order valence-corrected chi connectivity index (χ4v) is 4.18. The first kappa shape index (κ1) is 22.1. The van der Waals surface area contributed by atoms with E-state index in [0.29, 0.717) is 22.7 Å². The fraction of sp³-hybridized carbons (Fsp3) is 0.304. The van der Waals surface area contributed by atoms with E-state index in [4.69, 9.17) is 15.2 Å². The normalized spacial score (nSPS) is 19.4. The van der Waals surface area contributed by atoms with Crippen molar-refractivity contribution in [1.29, 1.82) is 0 Å². The summed E-state index contributed by atoms with van der Waals surface area (Å²) in [6.45, 7) is 0.102. The third-order valence-electron chi connectivity index (χ3n) is 5.91. The van der Waals surface area contributed by atoms with E-state index in [9.17, 15) is 19.2 Å². The zero-order chi connectivity index (χ0) is 23.7. The Morgan fingerprint density at radius 1 is 1.09 bits per heavy atom. The average Bonchev–Trinajstić information content (AvgIpc) is 2.92. The van der Waals surface area contributed by atoms with Crippen molar-refractivity contribution >= 4 is 29.3 Å². The van der Waals surface area contributed by atoms with E-state index in [0.717, 1.165) is 11.1 Å². The number of primary amides is 1. The summed E-state index contributed by atoms with van der Waals surface area (Å²) in [7, 11) is 3.02. The lowest BCUT2D eigenvalue weighted by molar-refractivity contribution is -0.141. The highest BCUT2D eigenvalue weighted by Crippen LogP contribution is 2.35. The number of para-hydroxylation sites is 1. The van der Waals surface area contributed by atoms with Crippen LogP contribution in [0.1, 0.15) is 27.9 Å². The summed E-state index contributed by atoms with van der Waals surface area (Å²) in [5, 5.41) is 5.27. The SMILES string of the molecule is COc1cc2c(cc1OC)CN(C(=O)CC1NC(=O)c3ccccc3NC1=O)[C@H](C(N)=O)C2. The molecule has 10 nitrogen and oxygen atoms in total. The molecule has 0 bridgehead atoms. The van der Waals surface area contributed by atoms with Crippen molar-refractivity contribution in [2.45, 2.75) is 31.5 Å². The first-order chi connectivity index (χ1) is 15.8. The summed E-state index contributed by atoms with van der Waals surface area (Å²) < 4.78 is 10.7. The standard InChI is InChI=1S/C23H24N4O6/c1-32-18-8-12-7-17(21(24)29)27(11-13(12)9-19(18)33-2)20(28)10-16-23(31)25-15-6-4-3-5-14(15)22(30)26-16/h3-6,8-9,16-17H,7,10-11H2,1-2H3,(H2,24,29)(H,25,31)(H,26,30)/t16?,17-/m0/s1. The topological polar surface area (TPSA) is 140 Å². The predicted molar refractivity (Wildman–Crippen MR) is 118 cm³/mol. The number of carbonyl (C=O) groups excluding carboxylic acids is 4. The van der Waals surface area contributed by atoms with Gasteiger partial charge in [-0.1, -0.05) is 12.1 Å². The number of anilines is 1. The number of benzene rings is 2. The van der Waals surface area contributed by atoms with Gasteiger partial charge in [-0.15, -0.1) is 0 Å². The molecule has 2 aromatic rings. The van der Waals surface area contributed by atoms with Crippen molar-refractivity contribution in [3.05, 3.63) is 53.1 Å². The molecular formula is C23H24N4O6. The van der Waals surface area contributed by atoms with Gasteiger partial charge in [0, 0.05) is 13.0 Å². The van der Waals surface area contributed by atoms with Gasteiger partial charge in [0.05, 0.1) is 31.9 Å². The lowest BCUT2D eigenvalue weighted by atomic mass is 9.92. The van der Waals surface area contributed by atoms with E-state index >= 15 is 0 Å². The van der Waals surface area contributed by atoms with Gasteiger partial charge in [0.2, 0.25) is 17.7 Å². The number of rotatable bonds is 5. The van der Waals surface area contributed by atoms with Crippen molar-refractivity contribution in [2.24, 2.45) is 5.73 Å². The lowest BCUT2D eigenvalue weighted by Crippen LogP contribution is -2.53. The molecule has 2 atom stereocenters. The van der Waals surface area contributed by atoms with E-state index in [1.807, 2.05) is 0 Å². The Morgan fingerprint density at radius 2 is 1.76 bits per heavy atom. The Bertz CT molecular complexity index is 1150. The third kappa shape index (κ3) is 4.19. The quantitative estimate of drug-likeness (QED) is 0.606. The molecule has 2 aliphatic rings. The lowest BCUT2D eigenvalue weighted by Gasteiger charge is -2.36. The average molecular weight is 452 g/mol. The van der Waals surface area contributed by atoms with Crippen molar-refractivity contribution in [1.82, 2.24) is 10.2 Å². The molecule has 172 valence electrons. The Labute approximate surface area is 190 Å². The van der Waals surface area contributed by atoms with E-state index in [-0.39, 0.29) is 19.4 Å². The van der Waals surface area contributed by atoms with Crippen LogP contribution in [-0.4, -0.2) is 54.8 Å². The number of nitrogens with zero attached hydrogens (tertiary/aromatic N) is 1. The van der Waals surface area contributed by atoms with Crippen molar-refractivity contribution in [3.63, 3.8) is 0 Å². The molecule has 0 saturated heterocycles. The Hall–Kier alpha value is -4.08. The van der Waals surface area contributed by atoms with Crippen LogP contribution < -0.4 is 25.8 Å². The molecule has 4 rings (SSSR count). The number of methoxy groups -OCH3 is 2. The van der Waals surface area contributed by atoms with E-state index in [1.165, 1.54) is 19.1 Å². The first-order valence-electron chi connectivity index (χ1n) is 10.4. The predicted octanol–water partition coefficient (Wildman–Crippen LogP) is 0.583. The van der Waals surface area contributed by atoms with Crippen LogP contribution in [0.2, 0.25) is 0 Å². The minimum absolute atomic E-state index is 0.102. The molecule has 4 N–H and O–H groups in total. The molecule has 0 saturated carbocycles. The van der Waals surface area contributed by atoms with E-state index in [2.05, 4.69) is 10.6 Å². The van der Waals surface area contributed by atoms with Gasteiger partial charge in [-0.3, -0.25) is 19.2 Å². The molecule has 0 fully saturated rings. The number of hydrogen-bond donors (Lipinski definition) is 3. The van der Waals surface area contributed by atoms with Crippen LogP contribution in [0.15, 0.2) is 36.4 Å². The van der Waals surface area contributed by atoms with Gasteiger partial charge >= 0.3 is 0 Å². The minimum atomic E-state index is -1.10. The molecule has 0 spiro atoms. The van der Waals surface area contributed by atoms with Crippen LogP contribution in [0.25, 0.3) is 0 Å². The molecule has 0 aliphatic carbocycles. The summed E-state index contributed by atoms with van der Waals surface area (Å²) in [6, 6.07) is 8.10. The van der Waals surface area contributed by atoms with Gasteiger partial charge in [0.25, 0.3) is 5.91 Å². The highest BCUT2D eigenvalue weighted by molar-refractivity contribution is 6.10. The molecule has 0 radical (unpaired) electrons. The van der Waals surface area contributed by atoms with Gasteiger partial charge in [-0.2, -0.15) is 0 Å². The fourth-order valence-electron chi connectivity index (χ4n) is 4.18. The molecule has 1 unspecified atom stereocenters. The zero-order valence-electron chi connectivity index (χ0n) is 18.2. The second kappa shape index (κ2) is 8.81. The molecule has 0 aromatic heterocycles. The molecule has 2 heterocycles. The third-order valence-corrected chi connectivity index (χ3v) is 5.91. The van der Waals surface area contributed by atoms with Gasteiger partial charge in [0.1, 0.15) is 12.1 Å². The van der Waals surface area contributed by atoms with Crippen LogP contribution in [0.4, 0.5) is 5.69 Å². The zero-order valence-corrected chi connectivity index (χ0v) is 18.2. The molecule has 4 amide bonds. The van der Waals surface area contributed by atoms with E-state index in [1.54, 1.807) is 36.4 Å². The van der Waals surface area contributed by atoms with Crippen molar-refractivity contribution < 1.29 is 28.7 Å². The molecule has 33 heavy (non-hydrogen) atoms. The summed E-state index contributed by atoms with van der Waals surface area (Å²) in [5.41, 5.74) is 7.88. The molecule has 10 heteroatoms. The highest BCUT2D eigenvalue weighted by atomic mass is 16.5. The smallest absolute Gasteiger partial charge is 0.254 e. The summed E-state index contributed by atoms with van der Waals surface area (Å²) in [6.07, 6.45) is -0.122. The van der Waals surface area contributed by atoms with Crippen molar-refractivity contribution in [3.8, 4) is 11.5 Å². The second-order valence-electron chi connectivity index (χ2n) is 7.88. The van der Waals surface area contributed by atoms with Gasteiger partial charge < -0.3 is 30.7 Å². The maximum absolute atomic E-state index is 13.2. The van der Waals surface area contributed by atoms with Crippen LogP contribution in [0.3, 0.4) is 0 Å².